The SMILES string of the molecule is Cc1nc2cccc(COc3c(F)cc(CC(C)C(=O)O)cc3F)c2o1. The molecule has 1 atom stereocenters. The molecule has 1 aromatic heterocycles. The van der Waals surface area contributed by atoms with Gasteiger partial charge in [0, 0.05) is 12.5 Å². The highest BCUT2D eigenvalue weighted by Crippen LogP contribution is 2.27. The molecule has 1 N–H and O–H groups in total. The lowest BCUT2D eigenvalue weighted by Gasteiger charge is -2.11. The Labute approximate surface area is 148 Å². The first-order valence-corrected chi connectivity index (χ1v) is 8.03. The Hall–Kier alpha value is -2.96. The number of fused-ring (bicyclic) bond motifs is 1. The summed E-state index contributed by atoms with van der Waals surface area (Å²) in [4.78, 5) is 15.1. The molecule has 2 aromatic carbocycles. The fraction of sp³-hybridized carbons (Fsp3) is 0.263. The average Bonchev–Trinajstić information content (AvgIpc) is 2.94. The Balaban J connectivity index is 1.80. The number of carboxylic acid groups (broad SMARTS) is 1. The topological polar surface area (TPSA) is 72.6 Å². The number of hydrogen-bond acceptors (Lipinski definition) is 4. The van der Waals surface area contributed by atoms with Crippen molar-refractivity contribution in [1.29, 1.82) is 0 Å². The van der Waals surface area contributed by atoms with E-state index in [0.29, 0.717) is 22.6 Å². The van der Waals surface area contributed by atoms with Crippen LogP contribution < -0.4 is 4.74 Å². The number of carboxylic acids is 1. The molecule has 0 bridgehead atoms. The van der Waals surface area contributed by atoms with Crippen LogP contribution in [0.1, 0.15) is 23.9 Å². The first-order chi connectivity index (χ1) is 12.3. The van der Waals surface area contributed by atoms with Crippen LogP contribution in [-0.2, 0) is 17.8 Å². The second-order valence-corrected chi connectivity index (χ2v) is 6.12. The number of nitrogens with zero attached hydrogens (tertiary/aromatic N) is 1. The molecule has 0 aliphatic carbocycles. The molecule has 1 unspecified atom stereocenters. The molecule has 1 heterocycles. The molecule has 0 aliphatic rings. The number of aryl methyl sites for hydroxylation is 1. The highest BCUT2D eigenvalue weighted by atomic mass is 19.1. The maximum atomic E-state index is 14.2. The lowest BCUT2D eigenvalue weighted by molar-refractivity contribution is -0.141. The summed E-state index contributed by atoms with van der Waals surface area (Å²) in [5.41, 5.74) is 2.03. The van der Waals surface area contributed by atoms with E-state index < -0.39 is 29.3 Å². The monoisotopic (exact) mass is 361 g/mol. The first-order valence-electron chi connectivity index (χ1n) is 8.03. The minimum absolute atomic E-state index is 0.0279. The Morgan fingerprint density at radius 1 is 1.31 bits per heavy atom. The van der Waals surface area contributed by atoms with Gasteiger partial charge in [-0.05, 0) is 30.2 Å². The number of aromatic nitrogens is 1. The fourth-order valence-corrected chi connectivity index (χ4v) is 2.69. The molecule has 0 radical (unpaired) electrons. The van der Waals surface area contributed by atoms with Gasteiger partial charge in [0.15, 0.2) is 28.9 Å². The zero-order chi connectivity index (χ0) is 18.8. The highest BCUT2D eigenvalue weighted by molar-refractivity contribution is 5.76. The number of hydrogen-bond donors (Lipinski definition) is 1. The largest absolute Gasteiger partial charge is 0.483 e. The van der Waals surface area contributed by atoms with Crippen molar-refractivity contribution in [2.24, 2.45) is 5.92 Å². The third-order valence-electron chi connectivity index (χ3n) is 4.00. The number of benzene rings is 2. The molecule has 0 fully saturated rings. The van der Waals surface area contributed by atoms with Gasteiger partial charge in [0.05, 0.1) is 5.92 Å². The molecule has 5 nitrogen and oxygen atoms in total. The molecule has 136 valence electrons. The third-order valence-corrected chi connectivity index (χ3v) is 4.00. The van der Waals surface area contributed by atoms with Crippen LogP contribution in [0.25, 0.3) is 11.1 Å². The quantitative estimate of drug-likeness (QED) is 0.710. The van der Waals surface area contributed by atoms with E-state index in [4.69, 9.17) is 14.3 Å². The van der Waals surface area contributed by atoms with Crippen molar-refractivity contribution in [2.75, 3.05) is 0 Å². The van der Waals surface area contributed by atoms with Gasteiger partial charge >= 0.3 is 5.97 Å². The summed E-state index contributed by atoms with van der Waals surface area (Å²) >= 11 is 0. The molecular formula is C19H17F2NO4. The molecule has 26 heavy (non-hydrogen) atoms. The van der Waals surface area contributed by atoms with Gasteiger partial charge in [-0.15, -0.1) is 0 Å². The lowest BCUT2D eigenvalue weighted by atomic mass is 10.0. The van der Waals surface area contributed by atoms with Crippen LogP contribution in [0, 0.1) is 24.5 Å². The minimum atomic E-state index is -1.03. The molecule has 0 saturated heterocycles. The van der Waals surface area contributed by atoms with E-state index in [1.807, 2.05) is 0 Å². The summed E-state index contributed by atoms with van der Waals surface area (Å²) < 4.78 is 39.3. The third kappa shape index (κ3) is 3.66. The van der Waals surface area contributed by atoms with E-state index >= 15 is 0 Å². The normalized spacial score (nSPS) is 12.3. The second kappa shape index (κ2) is 7.11. The van der Waals surface area contributed by atoms with Crippen molar-refractivity contribution >= 4 is 17.1 Å². The predicted molar refractivity (Wildman–Crippen MR) is 89.9 cm³/mol. The summed E-state index contributed by atoms with van der Waals surface area (Å²) in [7, 11) is 0. The lowest BCUT2D eigenvalue weighted by Crippen LogP contribution is -2.12. The van der Waals surface area contributed by atoms with Crippen LogP contribution in [0.2, 0.25) is 0 Å². The van der Waals surface area contributed by atoms with Gasteiger partial charge in [0.1, 0.15) is 12.1 Å². The Morgan fingerprint density at radius 2 is 2.00 bits per heavy atom. The van der Waals surface area contributed by atoms with Crippen LogP contribution in [0.3, 0.4) is 0 Å². The number of para-hydroxylation sites is 1. The van der Waals surface area contributed by atoms with Gasteiger partial charge in [-0.3, -0.25) is 4.79 Å². The van der Waals surface area contributed by atoms with E-state index in [1.54, 1.807) is 25.1 Å². The van der Waals surface area contributed by atoms with E-state index in [0.717, 1.165) is 12.1 Å². The summed E-state index contributed by atoms with van der Waals surface area (Å²) in [5.74, 6) is -3.54. The summed E-state index contributed by atoms with van der Waals surface area (Å²) in [6.07, 6.45) is 0.0279. The average molecular weight is 361 g/mol. The smallest absolute Gasteiger partial charge is 0.306 e. The number of oxazole rings is 1. The van der Waals surface area contributed by atoms with Crippen LogP contribution in [0.5, 0.6) is 5.75 Å². The minimum Gasteiger partial charge on any atom is -0.483 e. The summed E-state index contributed by atoms with van der Waals surface area (Å²) in [6.45, 7) is 3.09. The van der Waals surface area contributed by atoms with Crippen molar-refractivity contribution in [1.82, 2.24) is 4.98 Å². The Bertz CT molecular complexity index is 944. The van der Waals surface area contributed by atoms with Gasteiger partial charge in [0.2, 0.25) is 0 Å². The molecule has 0 amide bonds. The van der Waals surface area contributed by atoms with E-state index in [1.165, 1.54) is 6.92 Å². The molecule has 0 saturated carbocycles. The van der Waals surface area contributed by atoms with Crippen LogP contribution in [0.4, 0.5) is 8.78 Å². The number of carbonyl (C=O) groups is 1. The number of rotatable bonds is 6. The fourth-order valence-electron chi connectivity index (χ4n) is 2.69. The van der Waals surface area contributed by atoms with Crippen molar-refractivity contribution < 1.29 is 27.8 Å². The second-order valence-electron chi connectivity index (χ2n) is 6.12. The Morgan fingerprint density at radius 3 is 2.65 bits per heavy atom. The highest BCUT2D eigenvalue weighted by Gasteiger charge is 2.18. The van der Waals surface area contributed by atoms with E-state index in [9.17, 15) is 13.6 Å². The van der Waals surface area contributed by atoms with Crippen molar-refractivity contribution in [3.05, 3.63) is 59.0 Å². The standard InChI is InChI=1S/C19H17F2NO4/c1-10(19(23)24)6-12-7-14(20)18(15(21)8-12)25-9-13-4-3-5-16-17(13)26-11(2)22-16/h3-5,7-8,10H,6,9H2,1-2H3,(H,23,24). The molecular weight excluding hydrogens is 344 g/mol. The van der Waals surface area contributed by atoms with Crippen molar-refractivity contribution in [2.45, 2.75) is 26.9 Å². The summed E-state index contributed by atoms with van der Waals surface area (Å²) in [6, 6.07) is 7.45. The van der Waals surface area contributed by atoms with Crippen molar-refractivity contribution in [3.8, 4) is 5.75 Å². The molecule has 0 aliphatic heterocycles. The van der Waals surface area contributed by atoms with Crippen LogP contribution in [-0.4, -0.2) is 16.1 Å². The van der Waals surface area contributed by atoms with Crippen molar-refractivity contribution in [3.63, 3.8) is 0 Å². The summed E-state index contributed by atoms with van der Waals surface area (Å²) in [5, 5.41) is 8.91. The van der Waals surface area contributed by atoms with E-state index in [-0.39, 0.29) is 18.6 Å². The molecule has 3 rings (SSSR count). The Kier molecular flexibility index (Phi) is 4.88. The van der Waals surface area contributed by atoms with Gasteiger partial charge in [-0.2, -0.15) is 0 Å². The van der Waals surface area contributed by atoms with Gasteiger partial charge in [-0.25, -0.2) is 13.8 Å². The first kappa shape index (κ1) is 17.8. The molecule has 7 heteroatoms. The van der Waals surface area contributed by atoms with E-state index in [2.05, 4.69) is 4.98 Å². The van der Waals surface area contributed by atoms with Crippen LogP contribution in [0.15, 0.2) is 34.7 Å². The maximum Gasteiger partial charge on any atom is 0.306 e. The predicted octanol–water partition coefficient (Wildman–Crippen LogP) is 4.26. The zero-order valence-corrected chi connectivity index (χ0v) is 14.3. The number of ether oxygens (including phenoxy) is 1. The number of aliphatic carboxylic acids is 1. The number of halogens is 2. The van der Waals surface area contributed by atoms with Gasteiger partial charge in [-0.1, -0.05) is 19.1 Å². The zero-order valence-electron chi connectivity index (χ0n) is 14.3. The van der Waals surface area contributed by atoms with Crippen LogP contribution >= 0.6 is 0 Å². The molecule has 3 aromatic rings. The van der Waals surface area contributed by atoms with Gasteiger partial charge < -0.3 is 14.3 Å². The van der Waals surface area contributed by atoms with Gasteiger partial charge in [0.25, 0.3) is 0 Å². The molecule has 0 spiro atoms. The maximum absolute atomic E-state index is 14.2.